The summed E-state index contributed by atoms with van der Waals surface area (Å²) in [4.78, 5) is 2.35. The van der Waals surface area contributed by atoms with Gasteiger partial charge in [0.1, 0.15) is 11.0 Å². The third-order valence-electron chi connectivity index (χ3n) is 4.59. The Morgan fingerprint density at radius 3 is 2.76 bits per heavy atom. The highest BCUT2D eigenvalue weighted by Crippen LogP contribution is 2.20. The van der Waals surface area contributed by atoms with Crippen LogP contribution in [-0.4, -0.2) is 45.3 Å². The van der Waals surface area contributed by atoms with Crippen molar-refractivity contribution in [2.24, 2.45) is 0 Å². The first-order valence-corrected chi connectivity index (χ1v) is 8.58. The number of nitrogens with zero attached hydrogens (tertiary/aromatic N) is 5. The fourth-order valence-electron chi connectivity index (χ4n) is 3.16. The van der Waals surface area contributed by atoms with Gasteiger partial charge in [0.05, 0.1) is 12.3 Å². The standard InChI is InChI=1S/C18H25N5O2/c1-5-23-14(3)16(13(2)19-23)12-22(9-10-24-4)11-15-7-6-8-17-18(15)21-25-20-17/h6-8H,5,9-12H2,1-4H3. The maximum atomic E-state index is 5.30. The van der Waals surface area contributed by atoms with Crippen LogP contribution in [0.3, 0.4) is 0 Å². The molecule has 0 spiro atoms. The molecule has 7 heteroatoms. The minimum atomic E-state index is 0.674. The molecule has 0 saturated heterocycles. The molecule has 0 saturated carbocycles. The van der Waals surface area contributed by atoms with E-state index in [9.17, 15) is 0 Å². The number of hydrogen-bond acceptors (Lipinski definition) is 6. The minimum absolute atomic E-state index is 0.674. The summed E-state index contributed by atoms with van der Waals surface area (Å²) in [6.45, 7) is 10.3. The first kappa shape index (κ1) is 17.6. The zero-order chi connectivity index (χ0) is 17.8. The van der Waals surface area contributed by atoms with Gasteiger partial charge in [0.2, 0.25) is 0 Å². The molecule has 0 radical (unpaired) electrons. The van der Waals surface area contributed by atoms with Gasteiger partial charge in [0.15, 0.2) is 0 Å². The molecular weight excluding hydrogens is 318 g/mol. The number of fused-ring (bicyclic) bond motifs is 1. The first-order chi connectivity index (χ1) is 12.1. The first-order valence-electron chi connectivity index (χ1n) is 8.58. The summed E-state index contributed by atoms with van der Waals surface area (Å²) >= 11 is 0. The van der Waals surface area contributed by atoms with Gasteiger partial charge in [-0.3, -0.25) is 9.58 Å². The van der Waals surface area contributed by atoms with Gasteiger partial charge in [-0.25, -0.2) is 4.63 Å². The van der Waals surface area contributed by atoms with E-state index in [4.69, 9.17) is 9.37 Å². The second-order valence-corrected chi connectivity index (χ2v) is 6.22. The Balaban J connectivity index is 1.85. The average molecular weight is 343 g/mol. The molecule has 0 aliphatic rings. The van der Waals surface area contributed by atoms with Crippen LogP contribution >= 0.6 is 0 Å². The van der Waals surface area contributed by atoms with E-state index in [0.717, 1.165) is 48.5 Å². The number of ether oxygens (including phenoxy) is 1. The summed E-state index contributed by atoms with van der Waals surface area (Å²) in [6, 6.07) is 5.97. The maximum absolute atomic E-state index is 5.30. The summed E-state index contributed by atoms with van der Waals surface area (Å²) in [7, 11) is 1.73. The number of methoxy groups -OCH3 is 1. The summed E-state index contributed by atoms with van der Waals surface area (Å²) in [6.07, 6.45) is 0. The van der Waals surface area contributed by atoms with Crippen molar-refractivity contribution in [1.29, 1.82) is 0 Å². The molecule has 3 rings (SSSR count). The number of aryl methyl sites for hydroxylation is 2. The lowest BCUT2D eigenvalue weighted by Crippen LogP contribution is -2.27. The van der Waals surface area contributed by atoms with Crippen LogP contribution in [0.4, 0.5) is 0 Å². The molecule has 0 aliphatic carbocycles. The normalized spacial score (nSPS) is 11.7. The van der Waals surface area contributed by atoms with E-state index in [1.165, 1.54) is 11.3 Å². The van der Waals surface area contributed by atoms with Gasteiger partial charge >= 0.3 is 0 Å². The molecule has 0 fully saturated rings. The lowest BCUT2D eigenvalue weighted by atomic mass is 10.1. The molecule has 3 aromatic rings. The van der Waals surface area contributed by atoms with E-state index in [0.29, 0.717) is 6.61 Å². The van der Waals surface area contributed by atoms with Crippen molar-refractivity contribution in [3.05, 3.63) is 40.7 Å². The van der Waals surface area contributed by atoms with Crippen LogP contribution in [0.25, 0.3) is 11.0 Å². The Hall–Kier alpha value is -2.25. The Morgan fingerprint density at radius 2 is 2.04 bits per heavy atom. The van der Waals surface area contributed by atoms with Crippen molar-refractivity contribution in [1.82, 2.24) is 25.0 Å². The number of rotatable bonds is 8. The summed E-state index contributed by atoms with van der Waals surface area (Å²) < 4.78 is 12.2. The molecule has 1 aromatic carbocycles. The minimum Gasteiger partial charge on any atom is -0.383 e. The fraction of sp³-hybridized carbons (Fsp3) is 0.500. The second-order valence-electron chi connectivity index (χ2n) is 6.22. The SMILES string of the molecule is CCn1nc(C)c(CN(CCOC)Cc2cccc3nonc23)c1C. The van der Waals surface area contributed by atoms with Crippen LogP contribution in [0.2, 0.25) is 0 Å². The molecule has 0 amide bonds. The van der Waals surface area contributed by atoms with E-state index >= 15 is 0 Å². The quantitative estimate of drug-likeness (QED) is 0.626. The summed E-state index contributed by atoms with van der Waals surface area (Å²) in [5.41, 5.74) is 6.31. The third-order valence-corrected chi connectivity index (χ3v) is 4.59. The maximum Gasteiger partial charge on any atom is 0.139 e. The predicted molar refractivity (Wildman–Crippen MR) is 95.2 cm³/mol. The average Bonchev–Trinajstić information content (AvgIpc) is 3.19. The molecule has 2 heterocycles. The van der Waals surface area contributed by atoms with E-state index in [1.807, 2.05) is 12.1 Å². The van der Waals surface area contributed by atoms with Gasteiger partial charge < -0.3 is 4.74 Å². The van der Waals surface area contributed by atoms with Crippen LogP contribution in [0.15, 0.2) is 22.8 Å². The lowest BCUT2D eigenvalue weighted by molar-refractivity contribution is 0.140. The summed E-state index contributed by atoms with van der Waals surface area (Å²) in [5, 5.41) is 12.6. The molecule has 0 aliphatic heterocycles. The molecule has 134 valence electrons. The highest BCUT2D eigenvalue weighted by Gasteiger charge is 2.17. The van der Waals surface area contributed by atoms with Crippen LogP contribution < -0.4 is 0 Å². The van der Waals surface area contributed by atoms with E-state index in [-0.39, 0.29) is 0 Å². The molecule has 0 atom stereocenters. The number of aromatic nitrogens is 4. The van der Waals surface area contributed by atoms with Gasteiger partial charge in [0.25, 0.3) is 0 Å². The third kappa shape index (κ3) is 3.72. The van der Waals surface area contributed by atoms with Crippen LogP contribution in [0, 0.1) is 13.8 Å². The van der Waals surface area contributed by atoms with Gasteiger partial charge in [-0.1, -0.05) is 12.1 Å². The van der Waals surface area contributed by atoms with Gasteiger partial charge in [-0.15, -0.1) is 0 Å². The molecule has 25 heavy (non-hydrogen) atoms. The van der Waals surface area contributed by atoms with E-state index < -0.39 is 0 Å². The predicted octanol–water partition coefficient (Wildman–Crippen LogP) is 2.70. The van der Waals surface area contributed by atoms with Crippen molar-refractivity contribution in [2.45, 2.75) is 40.4 Å². The van der Waals surface area contributed by atoms with E-state index in [2.05, 4.69) is 51.8 Å². The lowest BCUT2D eigenvalue weighted by Gasteiger charge is -2.22. The van der Waals surface area contributed by atoms with Crippen LogP contribution in [0.5, 0.6) is 0 Å². The Kier molecular flexibility index (Phi) is 5.45. The van der Waals surface area contributed by atoms with Gasteiger partial charge in [-0.2, -0.15) is 5.10 Å². The molecule has 0 bridgehead atoms. The van der Waals surface area contributed by atoms with Crippen molar-refractivity contribution >= 4 is 11.0 Å². The molecule has 0 N–H and O–H groups in total. The zero-order valence-electron chi connectivity index (χ0n) is 15.3. The molecular formula is C18H25N5O2. The largest absolute Gasteiger partial charge is 0.383 e. The van der Waals surface area contributed by atoms with Crippen molar-refractivity contribution in [3.8, 4) is 0 Å². The Labute approximate surface area is 147 Å². The van der Waals surface area contributed by atoms with Crippen LogP contribution in [-0.2, 0) is 24.4 Å². The molecule has 2 aromatic heterocycles. The van der Waals surface area contributed by atoms with Gasteiger partial charge in [-0.05, 0) is 42.7 Å². The topological polar surface area (TPSA) is 69.2 Å². The molecule has 7 nitrogen and oxygen atoms in total. The van der Waals surface area contributed by atoms with Crippen molar-refractivity contribution in [2.75, 3.05) is 20.3 Å². The molecule has 0 unspecified atom stereocenters. The Morgan fingerprint density at radius 1 is 1.20 bits per heavy atom. The number of benzene rings is 1. The number of hydrogen-bond donors (Lipinski definition) is 0. The van der Waals surface area contributed by atoms with E-state index in [1.54, 1.807) is 7.11 Å². The summed E-state index contributed by atoms with van der Waals surface area (Å²) in [5.74, 6) is 0. The monoisotopic (exact) mass is 343 g/mol. The van der Waals surface area contributed by atoms with Gasteiger partial charge in [0, 0.05) is 44.5 Å². The van der Waals surface area contributed by atoms with Crippen molar-refractivity contribution < 1.29 is 9.37 Å². The smallest absolute Gasteiger partial charge is 0.139 e. The Bertz CT molecular complexity index is 839. The zero-order valence-corrected chi connectivity index (χ0v) is 15.3. The second kappa shape index (κ2) is 7.76. The van der Waals surface area contributed by atoms with Crippen molar-refractivity contribution in [3.63, 3.8) is 0 Å². The van der Waals surface area contributed by atoms with Crippen LogP contribution in [0.1, 0.15) is 29.4 Å². The highest BCUT2D eigenvalue weighted by molar-refractivity contribution is 5.76. The highest BCUT2D eigenvalue weighted by atomic mass is 16.6. The fourth-order valence-corrected chi connectivity index (χ4v) is 3.16.